The second-order valence-electron chi connectivity index (χ2n) is 5.89. The van der Waals surface area contributed by atoms with Crippen LogP contribution in [0.5, 0.6) is 0 Å². The zero-order valence-electron chi connectivity index (χ0n) is 14.8. The Balaban J connectivity index is 1.78. The van der Waals surface area contributed by atoms with Gasteiger partial charge < -0.3 is 5.32 Å². The molecule has 0 fully saturated rings. The van der Waals surface area contributed by atoms with Crippen molar-refractivity contribution in [3.63, 3.8) is 0 Å². The first-order valence-corrected chi connectivity index (χ1v) is 10.00. The average molecular weight is 384 g/mol. The summed E-state index contributed by atoms with van der Waals surface area (Å²) in [5.41, 5.74) is 1.30. The fourth-order valence-electron chi connectivity index (χ4n) is 2.52. The van der Waals surface area contributed by atoms with Crippen molar-refractivity contribution in [2.24, 2.45) is 0 Å². The molecular weight excluding hydrogens is 364 g/mol. The third kappa shape index (κ3) is 4.53. The molecule has 3 rings (SSSR count). The van der Waals surface area contributed by atoms with E-state index in [-0.39, 0.29) is 10.8 Å². The fourth-order valence-corrected chi connectivity index (χ4v) is 3.56. The molecule has 0 saturated carbocycles. The molecule has 1 aromatic heterocycles. The molecule has 7 nitrogen and oxygen atoms in total. The number of para-hydroxylation sites is 1. The highest BCUT2D eigenvalue weighted by atomic mass is 32.2. The Hall–Kier alpha value is -3.13. The fraction of sp³-hybridized carbons (Fsp3) is 0.158. The lowest BCUT2D eigenvalue weighted by molar-refractivity contribution is -0.116. The van der Waals surface area contributed by atoms with Crippen molar-refractivity contribution in [2.45, 2.75) is 24.7 Å². The van der Waals surface area contributed by atoms with Crippen molar-refractivity contribution < 1.29 is 13.2 Å². The van der Waals surface area contributed by atoms with Crippen LogP contribution in [0.15, 0.2) is 71.8 Å². The van der Waals surface area contributed by atoms with E-state index in [1.165, 1.54) is 23.0 Å². The summed E-state index contributed by atoms with van der Waals surface area (Å²) >= 11 is 0. The maximum Gasteiger partial charge on any atom is 0.263 e. The number of hydrogen-bond acceptors (Lipinski definition) is 4. The summed E-state index contributed by atoms with van der Waals surface area (Å²) < 4.78 is 29.4. The van der Waals surface area contributed by atoms with Gasteiger partial charge in [0.2, 0.25) is 5.91 Å². The van der Waals surface area contributed by atoms with Gasteiger partial charge in [0.1, 0.15) is 5.82 Å². The van der Waals surface area contributed by atoms with Gasteiger partial charge in [-0.25, -0.2) is 13.1 Å². The lowest BCUT2D eigenvalue weighted by Gasteiger charge is -2.11. The van der Waals surface area contributed by atoms with E-state index in [0.29, 0.717) is 17.9 Å². The molecule has 0 saturated heterocycles. The standard InChI is InChI=1S/C19H20N4O3S/c1-2-6-19(24)21-15-9-11-17(12-10-15)27(25,26)22-18-13-14-20-23(18)16-7-4-3-5-8-16/h3-5,7-14,22H,2,6H2,1H3,(H,21,24). The number of hydrogen-bond donors (Lipinski definition) is 2. The lowest BCUT2D eigenvalue weighted by Crippen LogP contribution is -2.16. The Bertz CT molecular complexity index is 1010. The highest BCUT2D eigenvalue weighted by Gasteiger charge is 2.17. The number of benzene rings is 2. The highest BCUT2D eigenvalue weighted by Crippen LogP contribution is 2.20. The molecule has 0 aliphatic heterocycles. The molecule has 0 bridgehead atoms. The van der Waals surface area contributed by atoms with Crippen LogP contribution in [0.25, 0.3) is 5.69 Å². The molecule has 0 atom stereocenters. The molecule has 0 aliphatic rings. The number of amides is 1. The SMILES string of the molecule is CCCC(=O)Nc1ccc(S(=O)(=O)Nc2ccnn2-c2ccccc2)cc1. The number of nitrogens with one attached hydrogen (secondary N) is 2. The Morgan fingerprint density at radius 3 is 2.41 bits per heavy atom. The normalized spacial score (nSPS) is 11.1. The summed E-state index contributed by atoms with van der Waals surface area (Å²) in [4.78, 5) is 11.7. The van der Waals surface area contributed by atoms with Crippen LogP contribution in [0.1, 0.15) is 19.8 Å². The predicted octanol–water partition coefficient (Wildman–Crippen LogP) is 3.41. The Kier molecular flexibility index (Phi) is 5.56. The Morgan fingerprint density at radius 2 is 1.74 bits per heavy atom. The van der Waals surface area contributed by atoms with Crippen molar-refractivity contribution in [1.82, 2.24) is 9.78 Å². The zero-order chi connectivity index (χ0) is 19.3. The third-order valence-electron chi connectivity index (χ3n) is 3.81. The second-order valence-corrected chi connectivity index (χ2v) is 7.57. The van der Waals surface area contributed by atoms with E-state index in [1.54, 1.807) is 18.2 Å². The summed E-state index contributed by atoms with van der Waals surface area (Å²) in [6, 6.07) is 16.9. The number of carbonyl (C=O) groups excluding carboxylic acids is 1. The summed E-state index contributed by atoms with van der Waals surface area (Å²) in [6.45, 7) is 1.92. The summed E-state index contributed by atoms with van der Waals surface area (Å²) in [5.74, 6) is 0.236. The van der Waals surface area contributed by atoms with E-state index < -0.39 is 10.0 Å². The molecule has 140 valence electrons. The third-order valence-corrected chi connectivity index (χ3v) is 5.18. The van der Waals surface area contributed by atoms with E-state index in [1.807, 2.05) is 37.3 Å². The van der Waals surface area contributed by atoms with E-state index in [4.69, 9.17) is 0 Å². The number of sulfonamides is 1. The highest BCUT2D eigenvalue weighted by molar-refractivity contribution is 7.92. The molecule has 0 unspecified atom stereocenters. The number of anilines is 2. The summed E-state index contributed by atoms with van der Waals surface area (Å²) in [7, 11) is -3.79. The van der Waals surface area contributed by atoms with Crippen LogP contribution in [0.2, 0.25) is 0 Å². The number of nitrogens with zero attached hydrogens (tertiary/aromatic N) is 2. The first kappa shape index (κ1) is 18.7. The van der Waals surface area contributed by atoms with E-state index >= 15 is 0 Å². The van der Waals surface area contributed by atoms with Gasteiger partial charge in [0, 0.05) is 18.2 Å². The van der Waals surface area contributed by atoms with Crippen LogP contribution in [0.3, 0.4) is 0 Å². The van der Waals surface area contributed by atoms with Gasteiger partial charge in [0.15, 0.2) is 0 Å². The Morgan fingerprint density at radius 1 is 1.04 bits per heavy atom. The van der Waals surface area contributed by atoms with Gasteiger partial charge in [0.25, 0.3) is 10.0 Å². The molecule has 0 aliphatic carbocycles. The smallest absolute Gasteiger partial charge is 0.263 e. The van der Waals surface area contributed by atoms with Crippen LogP contribution in [-0.2, 0) is 14.8 Å². The van der Waals surface area contributed by atoms with Gasteiger partial charge in [0.05, 0.1) is 16.8 Å². The van der Waals surface area contributed by atoms with Gasteiger partial charge in [-0.2, -0.15) is 5.10 Å². The van der Waals surface area contributed by atoms with Gasteiger partial charge in [-0.1, -0.05) is 25.1 Å². The average Bonchev–Trinajstić information content (AvgIpc) is 3.10. The van der Waals surface area contributed by atoms with Crippen LogP contribution < -0.4 is 10.0 Å². The second kappa shape index (κ2) is 8.05. The minimum Gasteiger partial charge on any atom is -0.326 e. The maximum atomic E-state index is 12.7. The largest absolute Gasteiger partial charge is 0.326 e. The zero-order valence-corrected chi connectivity index (χ0v) is 15.6. The van der Waals surface area contributed by atoms with Gasteiger partial charge >= 0.3 is 0 Å². The summed E-state index contributed by atoms with van der Waals surface area (Å²) in [5, 5.41) is 6.90. The van der Waals surface area contributed by atoms with Gasteiger partial charge in [-0.3, -0.25) is 9.52 Å². The topological polar surface area (TPSA) is 93.1 Å². The van der Waals surface area contributed by atoms with Crippen molar-refractivity contribution in [2.75, 3.05) is 10.0 Å². The monoisotopic (exact) mass is 384 g/mol. The molecule has 2 N–H and O–H groups in total. The first-order chi connectivity index (χ1) is 13.0. The van der Waals surface area contributed by atoms with Gasteiger partial charge in [-0.05, 0) is 42.8 Å². The number of aromatic nitrogens is 2. The maximum absolute atomic E-state index is 12.7. The predicted molar refractivity (Wildman–Crippen MR) is 104 cm³/mol. The molecule has 3 aromatic rings. The molecule has 0 spiro atoms. The quantitative estimate of drug-likeness (QED) is 0.653. The van der Waals surface area contributed by atoms with E-state index in [9.17, 15) is 13.2 Å². The van der Waals surface area contributed by atoms with Crippen molar-refractivity contribution >= 4 is 27.4 Å². The minimum absolute atomic E-state index is 0.0943. The van der Waals surface area contributed by atoms with Crippen molar-refractivity contribution in [3.05, 3.63) is 66.9 Å². The Labute approximate surface area is 158 Å². The van der Waals surface area contributed by atoms with Crippen LogP contribution in [-0.4, -0.2) is 24.1 Å². The number of rotatable bonds is 7. The first-order valence-electron chi connectivity index (χ1n) is 8.52. The molecule has 27 heavy (non-hydrogen) atoms. The number of carbonyl (C=O) groups is 1. The molecule has 0 radical (unpaired) electrons. The van der Waals surface area contributed by atoms with Crippen LogP contribution >= 0.6 is 0 Å². The van der Waals surface area contributed by atoms with Crippen LogP contribution in [0.4, 0.5) is 11.5 Å². The van der Waals surface area contributed by atoms with Gasteiger partial charge in [-0.15, -0.1) is 0 Å². The van der Waals surface area contributed by atoms with Crippen molar-refractivity contribution in [1.29, 1.82) is 0 Å². The molecule has 1 heterocycles. The van der Waals surface area contributed by atoms with Crippen LogP contribution in [0, 0.1) is 0 Å². The van der Waals surface area contributed by atoms with Crippen molar-refractivity contribution in [3.8, 4) is 5.69 Å². The molecular formula is C19H20N4O3S. The minimum atomic E-state index is -3.79. The summed E-state index contributed by atoms with van der Waals surface area (Å²) in [6.07, 6.45) is 2.69. The molecule has 2 aromatic carbocycles. The molecule has 1 amide bonds. The molecule has 8 heteroatoms. The van der Waals surface area contributed by atoms with E-state index in [2.05, 4.69) is 15.1 Å². The van der Waals surface area contributed by atoms with E-state index in [0.717, 1.165) is 12.1 Å². The lowest BCUT2D eigenvalue weighted by atomic mass is 10.3.